The Hall–Kier alpha value is -2.43. The lowest BCUT2D eigenvalue weighted by molar-refractivity contribution is 0.0592. The summed E-state index contributed by atoms with van der Waals surface area (Å²) in [6.45, 7) is 7.09. The van der Waals surface area contributed by atoms with Gasteiger partial charge in [-0.15, -0.1) is 0 Å². The number of aromatic nitrogens is 2. The van der Waals surface area contributed by atoms with Crippen LogP contribution >= 0.6 is 0 Å². The molecular weight excluding hydrogens is 220 g/mol. The molecule has 5 heteroatoms. The van der Waals surface area contributed by atoms with E-state index in [2.05, 4.69) is 27.9 Å². The second-order valence-electron chi connectivity index (χ2n) is 2.83. The van der Waals surface area contributed by atoms with Crippen LogP contribution < -0.4 is 4.74 Å². The monoisotopic (exact) mass is 232 g/mol. The lowest BCUT2D eigenvalue weighted by Crippen LogP contribution is -2.06. The van der Waals surface area contributed by atoms with Gasteiger partial charge in [-0.05, 0) is 18.2 Å². The third kappa shape index (κ3) is 3.57. The van der Waals surface area contributed by atoms with Crippen LogP contribution in [0.2, 0.25) is 0 Å². The summed E-state index contributed by atoms with van der Waals surface area (Å²) in [6, 6.07) is 1.48. The van der Waals surface area contributed by atoms with Crippen LogP contribution in [0.5, 0.6) is 6.01 Å². The van der Waals surface area contributed by atoms with E-state index in [-0.39, 0.29) is 11.7 Å². The van der Waals surface area contributed by atoms with Crippen molar-refractivity contribution >= 4 is 5.97 Å². The highest BCUT2D eigenvalue weighted by Gasteiger charge is 2.09. The number of rotatable bonds is 5. The van der Waals surface area contributed by atoms with Crippen LogP contribution in [-0.2, 0) is 4.74 Å². The maximum Gasteiger partial charge on any atom is 0.356 e. The minimum absolute atomic E-state index is 0.0425. The summed E-state index contributed by atoms with van der Waals surface area (Å²) in [6.07, 6.45) is 6.03. The molecule has 1 aromatic rings. The molecule has 0 aromatic carbocycles. The van der Waals surface area contributed by atoms with Gasteiger partial charge in [0.25, 0.3) is 0 Å². The van der Waals surface area contributed by atoms with Gasteiger partial charge in [-0.25, -0.2) is 9.78 Å². The predicted octanol–water partition coefficient (Wildman–Crippen LogP) is 1.90. The van der Waals surface area contributed by atoms with E-state index in [0.717, 1.165) is 0 Å². The molecule has 0 radical (unpaired) electrons. The minimum Gasteiger partial charge on any atom is -0.464 e. The SMILES string of the molecule is C=C/C=C(\C=C)Oc1nccc(C(=O)OC)n1. The Balaban J connectivity index is 2.92. The molecule has 0 aliphatic rings. The van der Waals surface area contributed by atoms with E-state index in [9.17, 15) is 4.79 Å². The van der Waals surface area contributed by atoms with Gasteiger partial charge >= 0.3 is 12.0 Å². The summed E-state index contributed by atoms with van der Waals surface area (Å²) >= 11 is 0. The molecule has 0 spiro atoms. The molecule has 1 heterocycles. The van der Waals surface area contributed by atoms with Crippen molar-refractivity contribution in [3.05, 3.63) is 55.1 Å². The van der Waals surface area contributed by atoms with Crippen molar-refractivity contribution in [3.63, 3.8) is 0 Å². The van der Waals surface area contributed by atoms with Gasteiger partial charge in [-0.2, -0.15) is 4.98 Å². The lowest BCUT2D eigenvalue weighted by atomic mass is 10.4. The maximum absolute atomic E-state index is 11.2. The molecule has 0 saturated carbocycles. The van der Waals surface area contributed by atoms with Gasteiger partial charge < -0.3 is 9.47 Å². The number of carbonyl (C=O) groups is 1. The van der Waals surface area contributed by atoms with E-state index in [1.165, 1.54) is 25.4 Å². The normalized spacial score (nSPS) is 10.5. The van der Waals surface area contributed by atoms with Crippen molar-refractivity contribution in [2.45, 2.75) is 0 Å². The number of allylic oxidation sites excluding steroid dienone is 3. The van der Waals surface area contributed by atoms with Gasteiger partial charge in [0.1, 0.15) is 5.76 Å². The van der Waals surface area contributed by atoms with E-state index >= 15 is 0 Å². The van der Waals surface area contributed by atoms with Crippen LogP contribution in [0.25, 0.3) is 0 Å². The molecule has 0 atom stereocenters. The Bertz CT molecular complexity index is 467. The molecule has 0 saturated heterocycles. The summed E-state index contributed by atoms with van der Waals surface area (Å²) in [5, 5.41) is 0. The first-order valence-electron chi connectivity index (χ1n) is 4.75. The molecular formula is C12H12N2O3. The number of methoxy groups -OCH3 is 1. The standard InChI is InChI=1S/C12H12N2O3/c1-4-6-9(5-2)17-12-13-8-7-10(14-12)11(15)16-3/h4-8H,1-2H2,3H3/b9-6+. The third-order valence-electron chi connectivity index (χ3n) is 1.72. The Morgan fingerprint density at radius 2 is 2.24 bits per heavy atom. The topological polar surface area (TPSA) is 61.3 Å². The third-order valence-corrected chi connectivity index (χ3v) is 1.72. The van der Waals surface area contributed by atoms with Gasteiger partial charge in [0.15, 0.2) is 5.69 Å². The zero-order valence-electron chi connectivity index (χ0n) is 9.42. The quantitative estimate of drug-likeness (QED) is 0.441. The number of hydrogen-bond donors (Lipinski definition) is 0. The van der Waals surface area contributed by atoms with Crippen LogP contribution in [0.3, 0.4) is 0 Å². The molecule has 88 valence electrons. The Kier molecular flexibility index (Phi) is 4.62. The van der Waals surface area contributed by atoms with Crippen molar-refractivity contribution in [2.75, 3.05) is 7.11 Å². The first kappa shape index (κ1) is 12.6. The first-order valence-corrected chi connectivity index (χ1v) is 4.75. The van der Waals surface area contributed by atoms with Crippen molar-refractivity contribution in [3.8, 4) is 6.01 Å². The molecule has 0 aliphatic carbocycles. The summed E-state index contributed by atoms with van der Waals surface area (Å²) in [4.78, 5) is 19.0. The Labute approximate surface area is 99.1 Å². The van der Waals surface area contributed by atoms with Crippen LogP contribution in [0.15, 0.2) is 49.4 Å². The van der Waals surface area contributed by atoms with Gasteiger partial charge in [0, 0.05) is 6.20 Å². The molecule has 0 amide bonds. The van der Waals surface area contributed by atoms with Crippen molar-refractivity contribution in [1.29, 1.82) is 0 Å². The molecule has 0 bridgehead atoms. The number of nitrogens with zero attached hydrogens (tertiary/aromatic N) is 2. The largest absolute Gasteiger partial charge is 0.464 e. The highest BCUT2D eigenvalue weighted by atomic mass is 16.5. The van der Waals surface area contributed by atoms with Crippen molar-refractivity contribution in [2.24, 2.45) is 0 Å². The van der Waals surface area contributed by atoms with Gasteiger partial charge in [-0.3, -0.25) is 0 Å². The second-order valence-corrected chi connectivity index (χ2v) is 2.83. The summed E-state index contributed by atoms with van der Waals surface area (Å²) in [5.41, 5.74) is 0.125. The average molecular weight is 232 g/mol. The van der Waals surface area contributed by atoms with Crippen molar-refractivity contribution < 1.29 is 14.3 Å². The van der Waals surface area contributed by atoms with Gasteiger partial charge in [0.05, 0.1) is 7.11 Å². The maximum atomic E-state index is 11.2. The highest BCUT2D eigenvalue weighted by molar-refractivity contribution is 5.86. The Morgan fingerprint density at radius 1 is 1.47 bits per heavy atom. The lowest BCUT2D eigenvalue weighted by Gasteiger charge is -2.04. The number of ether oxygens (including phenoxy) is 2. The van der Waals surface area contributed by atoms with Crippen molar-refractivity contribution in [1.82, 2.24) is 9.97 Å². The summed E-state index contributed by atoms with van der Waals surface area (Å²) in [5.74, 6) is -0.118. The Morgan fingerprint density at radius 3 is 2.82 bits per heavy atom. The first-order chi connectivity index (χ1) is 8.21. The fourth-order valence-corrected chi connectivity index (χ4v) is 0.974. The molecule has 1 rings (SSSR count). The van der Waals surface area contributed by atoms with Gasteiger partial charge in [-0.1, -0.05) is 19.2 Å². The molecule has 0 N–H and O–H groups in total. The zero-order chi connectivity index (χ0) is 12.7. The van der Waals surface area contributed by atoms with Crippen LogP contribution in [0, 0.1) is 0 Å². The van der Waals surface area contributed by atoms with Crippen LogP contribution in [0.1, 0.15) is 10.5 Å². The summed E-state index contributed by atoms with van der Waals surface area (Å²) < 4.78 is 9.82. The second kappa shape index (κ2) is 6.22. The molecule has 0 aliphatic heterocycles. The number of hydrogen-bond acceptors (Lipinski definition) is 5. The molecule has 0 unspecified atom stereocenters. The highest BCUT2D eigenvalue weighted by Crippen LogP contribution is 2.09. The predicted molar refractivity (Wildman–Crippen MR) is 62.5 cm³/mol. The zero-order valence-corrected chi connectivity index (χ0v) is 9.42. The molecule has 1 aromatic heterocycles. The summed E-state index contributed by atoms with van der Waals surface area (Å²) in [7, 11) is 1.28. The van der Waals surface area contributed by atoms with E-state index in [1.54, 1.807) is 12.2 Å². The van der Waals surface area contributed by atoms with E-state index in [0.29, 0.717) is 5.76 Å². The number of esters is 1. The molecule has 5 nitrogen and oxygen atoms in total. The smallest absolute Gasteiger partial charge is 0.356 e. The molecule has 17 heavy (non-hydrogen) atoms. The number of carbonyl (C=O) groups excluding carboxylic acids is 1. The van der Waals surface area contributed by atoms with Crippen LogP contribution in [0.4, 0.5) is 0 Å². The van der Waals surface area contributed by atoms with E-state index < -0.39 is 5.97 Å². The fraction of sp³-hybridized carbons (Fsp3) is 0.0833. The minimum atomic E-state index is -0.551. The van der Waals surface area contributed by atoms with E-state index in [1.807, 2.05) is 0 Å². The van der Waals surface area contributed by atoms with E-state index in [4.69, 9.17) is 4.74 Å². The van der Waals surface area contributed by atoms with Crippen LogP contribution in [-0.4, -0.2) is 23.0 Å². The van der Waals surface area contributed by atoms with Gasteiger partial charge in [0.2, 0.25) is 0 Å². The molecule has 0 fully saturated rings. The fourth-order valence-electron chi connectivity index (χ4n) is 0.974. The average Bonchev–Trinajstić information content (AvgIpc) is 2.37.